The summed E-state index contributed by atoms with van der Waals surface area (Å²) in [5.74, 6) is -0.203. The van der Waals surface area contributed by atoms with E-state index in [9.17, 15) is 13.2 Å². The van der Waals surface area contributed by atoms with Crippen LogP contribution in [0.5, 0.6) is 5.75 Å². The van der Waals surface area contributed by atoms with Crippen LogP contribution in [0.2, 0.25) is 5.02 Å². The van der Waals surface area contributed by atoms with Gasteiger partial charge in [-0.3, -0.25) is 4.79 Å². The Labute approximate surface area is 163 Å². The molecule has 144 valence electrons. The first-order chi connectivity index (χ1) is 12.7. The maximum Gasteiger partial charge on any atom is 0.255 e. The van der Waals surface area contributed by atoms with Gasteiger partial charge in [0.1, 0.15) is 5.75 Å². The number of benzene rings is 2. The average Bonchev–Trinajstić information content (AvgIpc) is 2.63. The first-order valence-electron chi connectivity index (χ1n) is 7.92. The van der Waals surface area contributed by atoms with Crippen molar-refractivity contribution < 1.29 is 17.9 Å². The van der Waals surface area contributed by atoms with Crippen LogP contribution in [0.4, 0.5) is 0 Å². The van der Waals surface area contributed by atoms with E-state index in [0.29, 0.717) is 5.75 Å². The summed E-state index contributed by atoms with van der Waals surface area (Å²) in [6.07, 6.45) is 1.48. The molecule has 0 spiro atoms. The van der Waals surface area contributed by atoms with Crippen molar-refractivity contribution in [3.05, 3.63) is 58.6 Å². The predicted octanol–water partition coefficient (Wildman–Crippen LogP) is 2.43. The second-order valence-electron chi connectivity index (χ2n) is 5.76. The van der Waals surface area contributed by atoms with Crippen LogP contribution in [-0.2, 0) is 14.8 Å². The van der Waals surface area contributed by atoms with Gasteiger partial charge in [-0.25, -0.2) is 13.8 Å². The molecular formula is C18H20ClN3O4S. The molecule has 0 radical (unpaired) electrons. The van der Waals surface area contributed by atoms with Crippen LogP contribution in [0.15, 0.2) is 52.5 Å². The molecule has 2 rings (SSSR count). The molecule has 0 bridgehead atoms. The SMILES string of the molecule is COc1ccc(S(=O)(=O)N(C)CC(=O)N/N=C/c2ccc(C)cc2)cc1Cl. The number of amides is 1. The van der Waals surface area contributed by atoms with E-state index in [1.165, 1.54) is 38.6 Å². The summed E-state index contributed by atoms with van der Waals surface area (Å²) in [6.45, 7) is 1.58. The number of aryl methyl sites for hydroxylation is 1. The van der Waals surface area contributed by atoms with Gasteiger partial charge in [0.15, 0.2) is 0 Å². The summed E-state index contributed by atoms with van der Waals surface area (Å²) >= 11 is 5.98. The molecule has 0 fully saturated rings. The minimum atomic E-state index is -3.88. The molecule has 7 nitrogen and oxygen atoms in total. The topological polar surface area (TPSA) is 88.1 Å². The number of halogens is 1. The second-order valence-corrected chi connectivity index (χ2v) is 8.21. The summed E-state index contributed by atoms with van der Waals surface area (Å²) in [6, 6.07) is 11.6. The molecule has 2 aromatic carbocycles. The summed E-state index contributed by atoms with van der Waals surface area (Å²) in [7, 11) is -1.15. The number of sulfonamides is 1. The number of nitrogens with one attached hydrogen (secondary N) is 1. The zero-order valence-corrected chi connectivity index (χ0v) is 16.7. The number of hydrogen-bond acceptors (Lipinski definition) is 5. The highest BCUT2D eigenvalue weighted by molar-refractivity contribution is 7.89. The molecule has 0 unspecified atom stereocenters. The third kappa shape index (κ3) is 5.53. The third-order valence-corrected chi connectivity index (χ3v) is 5.77. The average molecular weight is 410 g/mol. The summed E-state index contributed by atoms with van der Waals surface area (Å²) in [5.41, 5.74) is 4.24. The van der Waals surface area contributed by atoms with Gasteiger partial charge in [-0.2, -0.15) is 9.41 Å². The molecular weight excluding hydrogens is 390 g/mol. The number of nitrogens with zero attached hydrogens (tertiary/aromatic N) is 2. The Morgan fingerprint density at radius 1 is 1.26 bits per heavy atom. The van der Waals surface area contributed by atoms with Crippen molar-refractivity contribution in [1.82, 2.24) is 9.73 Å². The van der Waals surface area contributed by atoms with E-state index in [1.54, 1.807) is 0 Å². The summed E-state index contributed by atoms with van der Waals surface area (Å²) in [5, 5.41) is 4.00. The van der Waals surface area contributed by atoms with E-state index in [1.807, 2.05) is 31.2 Å². The van der Waals surface area contributed by atoms with E-state index in [0.717, 1.165) is 15.4 Å². The number of carbonyl (C=O) groups excluding carboxylic acids is 1. The minimum absolute atomic E-state index is 0.0354. The molecule has 27 heavy (non-hydrogen) atoms. The molecule has 0 heterocycles. The van der Waals surface area contributed by atoms with Gasteiger partial charge in [0.2, 0.25) is 10.0 Å². The van der Waals surface area contributed by atoms with Crippen LogP contribution in [0.1, 0.15) is 11.1 Å². The third-order valence-electron chi connectivity index (χ3n) is 3.68. The van der Waals surface area contributed by atoms with Crippen molar-refractivity contribution in [3.8, 4) is 5.75 Å². The molecule has 2 aromatic rings. The highest BCUT2D eigenvalue weighted by Gasteiger charge is 2.23. The van der Waals surface area contributed by atoms with E-state index >= 15 is 0 Å². The van der Waals surface area contributed by atoms with Crippen LogP contribution in [0, 0.1) is 6.92 Å². The van der Waals surface area contributed by atoms with Crippen LogP contribution in [-0.4, -0.2) is 45.5 Å². The minimum Gasteiger partial charge on any atom is -0.495 e. The number of ether oxygens (including phenoxy) is 1. The highest BCUT2D eigenvalue weighted by Crippen LogP contribution is 2.27. The van der Waals surface area contributed by atoms with Gasteiger partial charge < -0.3 is 4.74 Å². The van der Waals surface area contributed by atoms with Gasteiger partial charge in [-0.05, 0) is 30.7 Å². The lowest BCUT2D eigenvalue weighted by Gasteiger charge is -2.16. The highest BCUT2D eigenvalue weighted by atomic mass is 35.5. The lowest BCUT2D eigenvalue weighted by atomic mass is 10.2. The van der Waals surface area contributed by atoms with E-state index < -0.39 is 22.5 Å². The molecule has 0 saturated carbocycles. The Bertz CT molecular complexity index is 944. The zero-order valence-electron chi connectivity index (χ0n) is 15.1. The molecule has 0 aliphatic heterocycles. The Hall–Kier alpha value is -2.42. The van der Waals surface area contributed by atoms with E-state index in [2.05, 4.69) is 10.5 Å². The fourth-order valence-corrected chi connectivity index (χ4v) is 3.62. The standard InChI is InChI=1S/C18H20ClN3O4S/c1-13-4-6-14(7-5-13)11-20-21-18(23)12-22(2)27(24,25)15-8-9-17(26-3)16(19)10-15/h4-11H,12H2,1-3H3,(H,21,23)/b20-11+. The van der Waals surface area contributed by atoms with Crippen LogP contribution in [0.3, 0.4) is 0 Å². The van der Waals surface area contributed by atoms with Crippen LogP contribution >= 0.6 is 11.6 Å². The Morgan fingerprint density at radius 3 is 2.52 bits per heavy atom. The number of methoxy groups -OCH3 is 1. The maximum atomic E-state index is 12.6. The van der Waals surface area contributed by atoms with Gasteiger partial charge >= 0.3 is 0 Å². The number of rotatable bonds is 7. The van der Waals surface area contributed by atoms with Gasteiger partial charge in [-0.15, -0.1) is 0 Å². The summed E-state index contributed by atoms with van der Waals surface area (Å²) in [4.78, 5) is 11.9. The van der Waals surface area contributed by atoms with Crippen molar-refractivity contribution in [3.63, 3.8) is 0 Å². The van der Waals surface area contributed by atoms with Crippen molar-refractivity contribution in [2.75, 3.05) is 20.7 Å². The monoisotopic (exact) mass is 409 g/mol. The lowest BCUT2D eigenvalue weighted by Crippen LogP contribution is -2.36. The first-order valence-corrected chi connectivity index (χ1v) is 9.74. The fourth-order valence-electron chi connectivity index (χ4n) is 2.14. The van der Waals surface area contributed by atoms with Crippen molar-refractivity contribution in [2.24, 2.45) is 5.10 Å². The molecule has 0 saturated heterocycles. The lowest BCUT2D eigenvalue weighted by molar-refractivity contribution is -0.121. The molecule has 0 aromatic heterocycles. The van der Waals surface area contributed by atoms with Crippen LogP contribution < -0.4 is 10.2 Å². The molecule has 1 amide bonds. The van der Waals surface area contributed by atoms with Gasteiger partial charge in [-0.1, -0.05) is 41.4 Å². The zero-order chi connectivity index (χ0) is 20.0. The Morgan fingerprint density at radius 2 is 1.93 bits per heavy atom. The Kier molecular flexibility index (Phi) is 6.95. The summed E-state index contributed by atoms with van der Waals surface area (Å²) < 4.78 is 31.0. The van der Waals surface area contributed by atoms with E-state index in [4.69, 9.17) is 16.3 Å². The number of hydrazone groups is 1. The number of likely N-dealkylation sites (N-methyl/N-ethyl adjacent to an activating group) is 1. The molecule has 0 aliphatic rings. The molecule has 0 aliphatic carbocycles. The second kappa shape index (κ2) is 8.98. The maximum absolute atomic E-state index is 12.6. The number of carbonyl (C=O) groups is 1. The van der Waals surface area contributed by atoms with E-state index in [-0.39, 0.29) is 9.92 Å². The number of hydrogen-bond donors (Lipinski definition) is 1. The first kappa shape index (κ1) is 20.9. The van der Waals surface area contributed by atoms with Gasteiger partial charge in [0.25, 0.3) is 5.91 Å². The quantitative estimate of drug-likeness (QED) is 0.562. The normalized spacial score (nSPS) is 11.7. The Balaban J connectivity index is 2.00. The fraction of sp³-hybridized carbons (Fsp3) is 0.222. The van der Waals surface area contributed by atoms with Crippen molar-refractivity contribution in [2.45, 2.75) is 11.8 Å². The molecule has 0 atom stereocenters. The molecule has 1 N–H and O–H groups in total. The van der Waals surface area contributed by atoms with Crippen molar-refractivity contribution in [1.29, 1.82) is 0 Å². The van der Waals surface area contributed by atoms with Crippen LogP contribution in [0.25, 0.3) is 0 Å². The van der Waals surface area contributed by atoms with Gasteiger partial charge in [0, 0.05) is 7.05 Å². The van der Waals surface area contributed by atoms with Crippen molar-refractivity contribution >= 4 is 33.7 Å². The smallest absolute Gasteiger partial charge is 0.255 e. The predicted molar refractivity (Wildman–Crippen MR) is 105 cm³/mol. The van der Waals surface area contributed by atoms with Gasteiger partial charge in [0.05, 0.1) is 29.8 Å². The molecule has 9 heteroatoms. The largest absolute Gasteiger partial charge is 0.495 e.